The van der Waals surface area contributed by atoms with Gasteiger partial charge in [0.15, 0.2) is 5.96 Å². The van der Waals surface area contributed by atoms with E-state index in [1.807, 2.05) is 31.2 Å². The summed E-state index contributed by atoms with van der Waals surface area (Å²) in [5, 5.41) is 9.73. The average molecular weight is 532 g/mol. The van der Waals surface area contributed by atoms with E-state index in [0.29, 0.717) is 24.2 Å². The van der Waals surface area contributed by atoms with Crippen molar-refractivity contribution < 1.29 is 4.79 Å². The lowest BCUT2D eigenvalue weighted by Crippen LogP contribution is -2.45. The third-order valence-corrected chi connectivity index (χ3v) is 4.93. The van der Waals surface area contributed by atoms with Crippen molar-refractivity contribution in [2.45, 2.75) is 79.6 Å². The minimum Gasteiger partial charge on any atom is -0.357 e. The molecule has 3 N–H and O–H groups in total. The highest BCUT2D eigenvalue weighted by Gasteiger charge is 2.13. The summed E-state index contributed by atoms with van der Waals surface area (Å²) < 4.78 is 0. The summed E-state index contributed by atoms with van der Waals surface area (Å²) in [6.45, 7) is 18.2. The second-order valence-corrected chi connectivity index (χ2v) is 8.03. The third kappa shape index (κ3) is 10.6. The summed E-state index contributed by atoms with van der Waals surface area (Å²) in [6, 6.07) is 8.89. The predicted molar refractivity (Wildman–Crippen MR) is 139 cm³/mol. The number of benzene rings is 1. The summed E-state index contributed by atoms with van der Waals surface area (Å²) in [5.74, 6) is 0.770. The van der Waals surface area contributed by atoms with Crippen molar-refractivity contribution in [2.75, 3.05) is 19.6 Å². The van der Waals surface area contributed by atoms with E-state index in [-0.39, 0.29) is 35.9 Å². The number of guanidine groups is 1. The monoisotopic (exact) mass is 531 g/mol. The Morgan fingerprint density at radius 3 is 2.30 bits per heavy atom. The lowest BCUT2D eigenvalue weighted by atomic mass is 10.1. The number of nitrogens with one attached hydrogen (secondary N) is 3. The normalized spacial score (nSPS) is 12.7. The van der Waals surface area contributed by atoms with Gasteiger partial charge in [0.2, 0.25) is 0 Å². The summed E-state index contributed by atoms with van der Waals surface area (Å²) in [4.78, 5) is 19.5. The Bertz CT molecular complexity index is 640. The van der Waals surface area contributed by atoms with Gasteiger partial charge in [-0.05, 0) is 65.7 Å². The molecule has 0 aliphatic carbocycles. The van der Waals surface area contributed by atoms with Gasteiger partial charge in [0, 0.05) is 43.3 Å². The van der Waals surface area contributed by atoms with Crippen molar-refractivity contribution in [3.05, 3.63) is 35.4 Å². The van der Waals surface area contributed by atoms with Crippen LogP contribution in [0.4, 0.5) is 0 Å². The molecule has 1 aromatic carbocycles. The van der Waals surface area contributed by atoms with Crippen molar-refractivity contribution in [2.24, 2.45) is 4.99 Å². The number of hydrogen-bond donors (Lipinski definition) is 3. The van der Waals surface area contributed by atoms with Crippen LogP contribution in [0.5, 0.6) is 0 Å². The predicted octanol–water partition coefficient (Wildman–Crippen LogP) is 4.01. The zero-order valence-electron chi connectivity index (χ0n) is 19.8. The molecule has 0 aliphatic rings. The van der Waals surface area contributed by atoms with Crippen molar-refractivity contribution in [1.82, 2.24) is 20.9 Å². The fraction of sp³-hybridized carbons (Fsp3) is 0.652. The maximum Gasteiger partial charge on any atom is 0.251 e. The van der Waals surface area contributed by atoms with Gasteiger partial charge in [-0.1, -0.05) is 19.1 Å². The van der Waals surface area contributed by atoms with E-state index in [9.17, 15) is 4.79 Å². The fourth-order valence-corrected chi connectivity index (χ4v) is 3.15. The molecule has 6 nitrogen and oxygen atoms in total. The quantitative estimate of drug-likeness (QED) is 0.229. The second-order valence-electron chi connectivity index (χ2n) is 8.03. The molecule has 0 saturated carbocycles. The van der Waals surface area contributed by atoms with E-state index in [0.717, 1.165) is 37.6 Å². The van der Waals surface area contributed by atoms with Crippen LogP contribution in [0.25, 0.3) is 0 Å². The Morgan fingerprint density at radius 1 is 1.07 bits per heavy atom. The van der Waals surface area contributed by atoms with Crippen molar-refractivity contribution in [3.8, 4) is 0 Å². The van der Waals surface area contributed by atoms with E-state index in [1.165, 1.54) is 0 Å². The van der Waals surface area contributed by atoms with Crippen LogP contribution in [0, 0.1) is 0 Å². The number of nitrogens with zero attached hydrogens (tertiary/aromatic N) is 2. The van der Waals surface area contributed by atoms with Gasteiger partial charge in [-0.15, -0.1) is 24.0 Å². The Balaban J connectivity index is 0.00000841. The fourth-order valence-electron chi connectivity index (χ4n) is 3.15. The topological polar surface area (TPSA) is 68.8 Å². The van der Waals surface area contributed by atoms with Crippen molar-refractivity contribution in [1.29, 1.82) is 0 Å². The highest BCUT2D eigenvalue weighted by atomic mass is 127. The van der Waals surface area contributed by atoms with Crippen LogP contribution >= 0.6 is 24.0 Å². The van der Waals surface area contributed by atoms with Crippen LogP contribution in [-0.2, 0) is 6.54 Å². The first-order valence-corrected chi connectivity index (χ1v) is 11.0. The number of rotatable bonds is 11. The molecule has 1 atom stereocenters. The van der Waals surface area contributed by atoms with E-state index >= 15 is 0 Å². The van der Waals surface area contributed by atoms with Crippen molar-refractivity contribution >= 4 is 35.8 Å². The molecule has 0 fully saturated rings. The SMILES string of the molecule is CCNC(=NCc1cccc(C(=O)NC(C)CC)c1)NCCN(C(C)C)C(C)C.I. The highest BCUT2D eigenvalue weighted by molar-refractivity contribution is 14.0. The lowest BCUT2D eigenvalue weighted by Gasteiger charge is -2.30. The van der Waals surface area contributed by atoms with E-state index in [4.69, 9.17) is 4.99 Å². The molecule has 0 aromatic heterocycles. The standard InChI is InChI=1S/C23H41N5O.HI/c1-8-19(7)27-22(29)21-12-10-11-20(15-21)16-26-23(24-9-2)25-13-14-28(17(3)4)18(5)6;/h10-12,15,17-19H,8-9,13-14,16H2,1-7H3,(H,27,29)(H2,24,25,26);1H. The van der Waals surface area contributed by atoms with Crippen LogP contribution in [-0.4, -0.2) is 54.5 Å². The van der Waals surface area contributed by atoms with Gasteiger partial charge in [-0.2, -0.15) is 0 Å². The summed E-state index contributed by atoms with van der Waals surface area (Å²) >= 11 is 0. The van der Waals surface area contributed by atoms with Gasteiger partial charge < -0.3 is 16.0 Å². The van der Waals surface area contributed by atoms with Crippen LogP contribution in [0.2, 0.25) is 0 Å². The molecule has 0 radical (unpaired) electrons. The first-order valence-electron chi connectivity index (χ1n) is 11.0. The summed E-state index contributed by atoms with van der Waals surface area (Å²) in [7, 11) is 0. The van der Waals surface area contributed by atoms with Gasteiger partial charge in [0.25, 0.3) is 5.91 Å². The number of aliphatic imine (C=N–C) groups is 1. The van der Waals surface area contributed by atoms with E-state index in [2.05, 4.69) is 62.4 Å². The van der Waals surface area contributed by atoms with Gasteiger partial charge in [-0.3, -0.25) is 9.69 Å². The Kier molecular flexibility index (Phi) is 14.8. The molecular formula is C23H42IN5O. The Morgan fingerprint density at radius 2 is 1.73 bits per heavy atom. The van der Waals surface area contributed by atoms with Gasteiger partial charge in [-0.25, -0.2) is 4.99 Å². The molecule has 1 amide bonds. The number of hydrogen-bond acceptors (Lipinski definition) is 3. The summed E-state index contributed by atoms with van der Waals surface area (Å²) in [5.41, 5.74) is 1.70. The maximum atomic E-state index is 12.3. The molecule has 0 spiro atoms. The van der Waals surface area contributed by atoms with Crippen LogP contribution < -0.4 is 16.0 Å². The molecule has 1 unspecified atom stereocenters. The van der Waals surface area contributed by atoms with Crippen LogP contribution in [0.1, 0.15) is 70.8 Å². The lowest BCUT2D eigenvalue weighted by molar-refractivity contribution is 0.0939. The molecule has 1 aromatic rings. The molecule has 0 saturated heterocycles. The molecule has 7 heteroatoms. The average Bonchev–Trinajstić information content (AvgIpc) is 2.68. The van der Waals surface area contributed by atoms with Gasteiger partial charge >= 0.3 is 0 Å². The molecule has 0 aliphatic heterocycles. The molecule has 0 heterocycles. The smallest absolute Gasteiger partial charge is 0.251 e. The Labute approximate surface area is 200 Å². The van der Waals surface area contributed by atoms with Crippen LogP contribution in [0.15, 0.2) is 29.3 Å². The zero-order valence-corrected chi connectivity index (χ0v) is 22.1. The largest absolute Gasteiger partial charge is 0.357 e. The first kappa shape index (κ1) is 28.6. The molecule has 30 heavy (non-hydrogen) atoms. The minimum absolute atomic E-state index is 0. The van der Waals surface area contributed by atoms with Gasteiger partial charge in [0.1, 0.15) is 0 Å². The molecule has 0 bridgehead atoms. The van der Waals surface area contributed by atoms with E-state index < -0.39 is 0 Å². The first-order chi connectivity index (χ1) is 13.8. The maximum absolute atomic E-state index is 12.3. The molecular weight excluding hydrogens is 489 g/mol. The number of amides is 1. The third-order valence-electron chi connectivity index (χ3n) is 4.93. The van der Waals surface area contributed by atoms with Crippen molar-refractivity contribution in [3.63, 3.8) is 0 Å². The summed E-state index contributed by atoms with van der Waals surface area (Å²) in [6.07, 6.45) is 0.915. The van der Waals surface area contributed by atoms with E-state index in [1.54, 1.807) is 0 Å². The second kappa shape index (κ2) is 15.5. The van der Waals surface area contributed by atoms with Crippen LogP contribution in [0.3, 0.4) is 0 Å². The highest BCUT2D eigenvalue weighted by Crippen LogP contribution is 2.08. The minimum atomic E-state index is -0.0299. The number of carbonyl (C=O) groups is 1. The molecule has 172 valence electrons. The van der Waals surface area contributed by atoms with Gasteiger partial charge in [0.05, 0.1) is 6.54 Å². The zero-order chi connectivity index (χ0) is 21.8. The number of carbonyl (C=O) groups excluding carboxylic acids is 1. The Hall–Kier alpha value is -1.35. The molecule has 1 rings (SSSR count). The number of halogens is 1.